The maximum absolute atomic E-state index is 13.8. The number of nitrogens with zero attached hydrogens (tertiary/aromatic N) is 2. The summed E-state index contributed by atoms with van der Waals surface area (Å²) in [5.74, 6) is -1.41. The van der Waals surface area contributed by atoms with Crippen molar-refractivity contribution in [3.8, 4) is 0 Å². The number of fused-ring (bicyclic) bond motifs is 1. The topological polar surface area (TPSA) is 75.3 Å². The van der Waals surface area contributed by atoms with E-state index in [9.17, 15) is 14.3 Å². The first-order valence-electron chi connectivity index (χ1n) is 11.2. The summed E-state index contributed by atoms with van der Waals surface area (Å²) in [5.41, 5.74) is 6.15. The van der Waals surface area contributed by atoms with Crippen LogP contribution in [0.15, 0.2) is 72.9 Å². The van der Waals surface area contributed by atoms with E-state index in [0.29, 0.717) is 18.0 Å². The Kier molecular flexibility index (Phi) is 7.44. The number of carbonyl (C=O) groups is 1. The number of rotatable bonds is 8. The van der Waals surface area contributed by atoms with Gasteiger partial charge in [0.1, 0.15) is 5.82 Å². The maximum Gasteiger partial charge on any atom is 0.328 e. The molecule has 3 aromatic carbocycles. The predicted molar refractivity (Wildman–Crippen MR) is 138 cm³/mol. The first-order valence-corrected chi connectivity index (χ1v) is 11.6. The third kappa shape index (κ3) is 5.34. The van der Waals surface area contributed by atoms with Gasteiger partial charge in [-0.1, -0.05) is 54.9 Å². The Hall–Kier alpha value is -3.74. The Morgan fingerprint density at radius 1 is 1.09 bits per heavy atom. The molecule has 0 aliphatic rings. The Morgan fingerprint density at radius 2 is 1.83 bits per heavy atom. The molecule has 4 rings (SSSR count). The fraction of sp³-hybridized carbons (Fsp3) is 0.143. The predicted octanol–water partition coefficient (Wildman–Crippen LogP) is 6.29. The van der Waals surface area contributed by atoms with Gasteiger partial charge in [-0.15, -0.1) is 0 Å². The van der Waals surface area contributed by atoms with Gasteiger partial charge in [0.2, 0.25) is 0 Å². The maximum atomic E-state index is 13.8. The number of allylic oxidation sites excluding steroid dienone is 1. The van der Waals surface area contributed by atoms with Crippen LogP contribution in [0, 0.1) is 5.82 Å². The van der Waals surface area contributed by atoms with Crippen LogP contribution in [0.25, 0.3) is 28.1 Å². The number of hydrogen-bond acceptors (Lipinski definition) is 3. The lowest BCUT2D eigenvalue weighted by atomic mass is 9.87. The average molecular weight is 491 g/mol. The van der Waals surface area contributed by atoms with Gasteiger partial charge >= 0.3 is 5.97 Å². The van der Waals surface area contributed by atoms with Gasteiger partial charge in [0.25, 0.3) is 0 Å². The van der Waals surface area contributed by atoms with E-state index in [1.807, 2.05) is 49.4 Å². The van der Waals surface area contributed by atoms with Gasteiger partial charge in [0.15, 0.2) is 0 Å². The summed E-state index contributed by atoms with van der Waals surface area (Å²) in [6.45, 7) is 2.43. The second-order valence-electron chi connectivity index (χ2n) is 7.99. The van der Waals surface area contributed by atoms with Crippen molar-refractivity contribution in [2.75, 3.05) is 6.61 Å². The van der Waals surface area contributed by atoms with Crippen LogP contribution < -0.4 is 0 Å². The van der Waals surface area contributed by atoms with Gasteiger partial charge in [0, 0.05) is 11.5 Å². The Morgan fingerprint density at radius 3 is 2.49 bits per heavy atom. The summed E-state index contributed by atoms with van der Waals surface area (Å²) >= 11 is 6.48. The minimum Gasteiger partial charge on any atom is -0.478 e. The number of carboxylic acids is 1. The van der Waals surface area contributed by atoms with Crippen LogP contribution >= 0.6 is 11.6 Å². The fourth-order valence-corrected chi connectivity index (χ4v) is 4.48. The molecule has 0 amide bonds. The zero-order valence-corrected chi connectivity index (χ0v) is 19.8. The van der Waals surface area contributed by atoms with Crippen LogP contribution in [0.5, 0.6) is 0 Å². The molecule has 178 valence electrons. The van der Waals surface area contributed by atoms with Crippen molar-refractivity contribution in [2.24, 2.45) is 0 Å². The van der Waals surface area contributed by atoms with Crippen molar-refractivity contribution >= 4 is 45.7 Å². The van der Waals surface area contributed by atoms with Crippen LogP contribution in [-0.4, -0.2) is 32.6 Å². The number of aliphatic hydroxyl groups excluding tert-OH is 1. The monoisotopic (exact) mass is 490 g/mol. The van der Waals surface area contributed by atoms with Crippen molar-refractivity contribution in [1.82, 2.24) is 9.78 Å². The smallest absolute Gasteiger partial charge is 0.328 e. The van der Waals surface area contributed by atoms with Crippen molar-refractivity contribution in [3.63, 3.8) is 0 Å². The molecule has 0 aliphatic heterocycles. The van der Waals surface area contributed by atoms with Crippen LogP contribution in [-0.2, 0) is 11.3 Å². The molecular weight excluding hydrogens is 467 g/mol. The molecule has 2 N–H and O–H groups in total. The zero-order valence-electron chi connectivity index (χ0n) is 19.1. The number of aliphatic carboxylic acids is 1. The lowest BCUT2D eigenvalue weighted by molar-refractivity contribution is -0.131. The number of halogens is 2. The summed E-state index contributed by atoms with van der Waals surface area (Å²) < 4.78 is 15.6. The van der Waals surface area contributed by atoms with Crippen LogP contribution in [0.4, 0.5) is 4.39 Å². The van der Waals surface area contributed by atoms with Gasteiger partial charge in [-0.05, 0) is 70.2 Å². The molecule has 0 bridgehead atoms. The van der Waals surface area contributed by atoms with Gasteiger partial charge in [-0.2, -0.15) is 5.10 Å². The van der Waals surface area contributed by atoms with E-state index in [1.165, 1.54) is 18.2 Å². The largest absolute Gasteiger partial charge is 0.478 e. The number of hydrogen-bond donors (Lipinski definition) is 2. The molecular formula is C28H24ClFN2O3. The van der Waals surface area contributed by atoms with E-state index < -0.39 is 11.8 Å². The van der Waals surface area contributed by atoms with Crippen molar-refractivity contribution in [3.05, 3.63) is 106 Å². The fourth-order valence-electron chi connectivity index (χ4n) is 4.20. The molecule has 0 radical (unpaired) electrons. The molecule has 0 saturated heterocycles. The molecule has 4 aromatic rings. The first kappa shape index (κ1) is 24.4. The number of benzene rings is 3. The first-order chi connectivity index (χ1) is 16.9. The van der Waals surface area contributed by atoms with Crippen LogP contribution in [0.2, 0.25) is 5.02 Å². The molecule has 1 aromatic heterocycles. The quantitative estimate of drug-likeness (QED) is 0.225. The van der Waals surface area contributed by atoms with E-state index in [4.69, 9.17) is 16.7 Å². The highest BCUT2D eigenvalue weighted by Crippen LogP contribution is 2.38. The van der Waals surface area contributed by atoms with Gasteiger partial charge < -0.3 is 10.2 Å². The third-order valence-electron chi connectivity index (χ3n) is 5.77. The highest BCUT2D eigenvalue weighted by molar-refractivity contribution is 6.32. The summed E-state index contributed by atoms with van der Waals surface area (Å²) in [6, 6.07) is 18.0. The minimum absolute atomic E-state index is 0.00456. The van der Waals surface area contributed by atoms with Crippen molar-refractivity contribution < 1.29 is 19.4 Å². The molecule has 0 atom stereocenters. The van der Waals surface area contributed by atoms with Crippen LogP contribution in [0.1, 0.15) is 35.6 Å². The van der Waals surface area contributed by atoms with E-state index in [-0.39, 0.29) is 6.61 Å². The summed E-state index contributed by atoms with van der Waals surface area (Å²) in [7, 11) is 0. The molecule has 0 saturated carbocycles. The summed E-state index contributed by atoms with van der Waals surface area (Å²) in [5, 5.41) is 23.9. The van der Waals surface area contributed by atoms with Crippen molar-refractivity contribution in [2.45, 2.75) is 19.9 Å². The second kappa shape index (κ2) is 10.7. The lowest BCUT2D eigenvalue weighted by Crippen LogP contribution is -2.03. The highest BCUT2D eigenvalue weighted by atomic mass is 35.5. The molecule has 0 unspecified atom stereocenters. The van der Waals surface area contributed by atoms with Gasteiger partial charge in [0.05, 0.1) is 29.9 Å². The standard InChI is InChI=1S/C28H24ClFN2O3/c1-2-23(24-10-9-22(30)16-25(24)29)28(19-6-3-18(4-7-19)5-12-27(34)35)20-8-11-26-21(15-20)17-31-32(26)13-14-33/h3-12,15-17,33H,2,13-14H2,1H3,(H,34,35)/b12-5+,28-23+. The lowest BCUT2D eigenvalue weighted by Gasteiger charge is -2.18. The number of aliphatic hydroxyl groups is 1. The summed E-state index contributed by atoms with van der Waals surface area (Å²) in [6.07, 6.45) is 5.04. The SMILES string of the molecule is CC/C(=C(/c1ccc(/C=C/C(=O)O)cc1)c1ccc2c(cnn2CCO)c1)c1ccc(F)cc1Cl. The van der Waals surface area contributed by atoms with Crippen molar-refractivity contribution in [1.29, 1.82) is 0 Å². The van der Waals surface area contributed by atoms with Gasteiger partial charge in [-0.3, -0.25) is 4.68 Å². The highest BCUT2D eigenvalue weighted by Gasteiger charge is 2.17. The molecule has 1 heterocycles. The van der Waals surface area contributed by atoms with E-state index >= 15 is 0 Å². The van der Waals surface area contributed by atoms with E-state index in [1.54, 1.807) is 16.9 Å². The summed E-state index contributed by atoms with van der Waals surface area (Å²) in [4.78, 5) is 10.9. The molecule has 7 heteroatoms. The molecule has 0 aliphatic carbocycles. The second-order valence-corrected chi connectivity index (χ2v) is 8.40. The molecule has 0 fully saturated rings. The van der Waals surface area contributed by atoms with E-state index in [0.717, 1.165) is 50.4 Å². The molecule has 0 spiro atoms. The molecule has 35 heavy (non-hydrogen) atoms. The van der Waals surface area contributed by atoms with E-state index in [2.05, 4.69) is 5.10 Å². The Balaban J connectivity index is 1.92. The minimum atomic E-state index is -1.01. The molecule has 5 nitrogen and oxygen atoms in total. The Bertz CT molecular complexity index is 1440. The normalized spacial score (nSPS) is 12.3. The average Bonchev–Trinajstić information content (AvgIpc) is 3.24. The number of carboxylic acid groups (broad SMARTS) is 1. The number of aromatic nitrogens is 2. The third-order valence-corrected chi connectivity index (χ3v) is 6.08. The zero-order chi connectivity index (χ0) is 24.9. The van der Waals surface area contributed by atoms with Gasteiger partial charge in [-0.25, -0.2) is 9.18 Å². The van der Waals surface area contributed by atoms with Crippen LogP contribution in [0.3, 0.4) is 0 Å². The Labute approximate surface area is 207 Å².